The first-order valence-corrected chi connectivity index (χ1v) is 12.7. The van der Waals surface area contributed by atoms with Gasteiger partial charge < -0.3 is 0 Å². The van der Waals surface area contributed by atoms with E-state index in [4.69, 9.17) is 0 Å². The zero-order chi connectivity index (χ0) is 23.4. The lowest BCUT2D eigenvalue weighted by Crippen LogP contribution is -2.18. The third-order valence-corrected chi connectivity index (χ3v) is 7.35. The predicted molar refractivity (Wildman–Crippen MR) is 146 cm³/mol. The van der Waals surface area contributed by atoms with Gasteiger partial charge in [-0.3, -0.25) is 0 Å². The molecule has 1 aliphatic carbocycles. The zero-order valence-corrected chi connectivity index (χ0v) is 21.2. The van der Waals surface area contributed by atoms with Gasteiger partial charge in [-0.25, -0.2) is 4.58 Å². The number of fused-ring (bicyclic) bond motifs is 1. The van der Waals surface area contributed by atoms with Crippen LogP contribution in [0.3, 0.4) is 0 Å². The molecule has 0 atom stereocenters. The van der Waals surface area contributed by atoms with Crippen molar-refractivity contribution in [3.05, 3.63) is 113 Å². The molecule has 0 aromatic heterocycles. The monoisotopic (exact) mass is 452 g/mol. The summed E-state index contributed by atoms with van der Waals surface area (Å²) in [4.78, 5) is 2.61. The lowest BCUT2D eigenvalue weighted by Gasteiger charge is -2.24. The predicted octanol–water partition coefficient (Wildman–Crippen LogP) is 8.06. The third kappa shape index (κ3) is 5.39. The van der Waals surface area contributed by atoms with Crippen molar-refractivity contribution >= 4 is 28.0 Å². The second-order valence-corrected chi connectivity index (χ2v) is 10.6. The number of thioether (sulfide) groups is 1. The molecule has 0 unspecified atom stereocenters. The fourth-order valence-corrected chi connectivity index (χ4v) is 5.23. The fraction of sp³-hybridized carbons (Fsp3) is 0.258. The number of rotatable bonds is 4. The molecule has 0 bridgehead atoms. The summed E-state index contributed by atoms with van der Waals surface area (Å²) in [5.41, 5.74) is 7.85. The molecule has 33 heavy (non-hydrogen) atoms. The number of hydrogen-bond donors (Lipinski definition) is 0. The molecule has 4 rings (SSSR count). The first-order chi connectivity index (χ1) is 15.9. The Morgan fingerprint density at radius 2 is 1.55 bits per heavy atom. The third-order valence-electron chi connectivity index (χ3n) is 6.20. The normalized spacial score (nSPS) is 16.6. The lowest BCUT2D eigenvalue weighted by molar-refractivity contribution is -0.519. The van der Waals surface area contributed by atoms with E-state index in [-0.39, 0.29) is 5.41 Å². The van der Waals surface area contributed by atoms with Crippen LogP contribution in [0.1, 0.15) is 51.3 Å². The SMILES string of the molecule is CC[N+](CC)=C1C=CC(=C/C=C2/C=C(c3ccccc3)Sc3ccc(C(C)(C)C)cc32)C=C1. The summed E-state index contributed by atoms with van der Waals surface area (Å²) in [6.07, 6.45) is 15.8. The van der Waals surface area contributed by atoms with Crippen molar-refractivity contribution in [2.24, 2.45) is 0 Å². The Hall–Kier alpha value is -2.84. The lowest BCUT2D eigenvalue weighted by atomic mass is 9.85. The minimum absolute atomic E-state index is 0.123. The van der Waals surface area contributed by atoms with Crippen LogP contribution in [0.4, 0.5) is 0 Å². The van der Waals surface area contributed by atoms with Crippen LogP contribution in [0.5, 0.6) is 0 Å². The van der Waals surface area contributed by atoms with Crippen LogP contribution < -0.4 is 0 Å². The Morgan fingerprint density at radius 3 is 2.18 bits per heavy atom. The van der Waals surface area contributed by atoms with Crippen molar-refractivity contribution in [3.8, 4) is 0 Å². The van der Waals surface area contributed by atoms with E-state index in [1.165, 1.54) is 43.3 Å². The molecule has 2 aromatic rings. The van der Waals surface area contributed by atoms with E-state index < -0.39 is 0 Å². The molecule has 2 aliphatic rings. The van der Waals surface area contributed by atoms with Crippen LogP contribution in [-0.4, -0.2) is 23.4 Å². The number of benzene rings is 2. The van der Waals surface area contributed by atoms with Gasteiger partial charge >= 0.3 is 0 Å². The Labute approximate surface area is 203 Å². The van der Waals surface area contributed by atoms with Crippen LogP contribution in [0.15, 0.2) is 102 Å². The zero-order valence-electron chi connectivity index (χ0n) is 20.4. The van der Waals surface area contributed by atoms with Gasteiger partial charge in [0.15, 0.2) is 5.71 Å². The van der Waals surface area contributed by atoms with E-state index in [1.807, 2.05) is 11.8 Å². The van der Waals surface area contributed by atoms with Gasteiger partial charge in [-0.2, -0.15) is 0 Å². The van der Waals surface area contributed by atoms with E-state index in [1.54, 1.807) is 0 Å². The largest absolute Gasteiger partial charge is 0.231 e. The van der Waals surface area contributed by atoms with Crippen molar-refractivity contribution in [2.45, 2.75) is 44.9 Å². The number of hydrogen-bond acceptors (Lipinski definition) is 1. The average Bonchev–Trinajstić information content (AvgIpc) is 2.83. The molecule has 1 heterocycles. The molecule has 1 aliphatic heterocycles. The van der Waals surface area contributed by atoms with Gasteiger partial charge in [-0.15, -0.1) is 0 Å². The summed E-state index contributed by atoms with van der Waals surface area (Å²) < 4.78 is 2.37. The summed E-state index contributed by atoms with van der Waals surface area (Å²) in [6.45, 7) is 13.3. The van der Waals surface area contributed by atoms with Crippen molar-refractivity contribution in [3.63, 3.8) is 0 Å². The first kappa shape index (κ1) is 23.3. The highest BCUT2D eigenvalue weighted by Crippen LogP contribution is 2.45. The molecule has 0 saturated carbocycles. The summed E-state index contributed by atoms with van der Waals surface area (Å²) in [6, 6.07) is 17.7. The first-order valence-electron chi connectivity index (χ1n) is 11.9. The smallest absolute Gasteiger partial charge is 0.199 e. The van der Waals surface area contributed by atoms with Crippen LogP contribution in [0, 0.1) is 0 Å². The molecule has 1 nitrogen and oxygen atoms in total. The molecule has 2 heteroatoms. The highest BCUT2D eigenvalue weighted by molar-refractivity contribution is 8.08. The van der Waals surface area contributed by atoms with Crippen LogP contribution in [0.25, 0.3) is 10.5 Å². The highest BCUT2D eigenvalue weighted by Gasteiger charge is 2.21. The van der Waals surface area contributed by atoms with E-state index >= 15 is 0 Å². The van der Waals surface area contributed by atoms with Crippen molar-refractivity contribution < 1.29 is 4.58 Å². The molecule has 0 saturated heterocycles. The van der Waals surface area contributed by atoms with Crippen molar-refractivity contribution in [2.75, 3.05) is 13.1 Å². The van der Waals surface area contributed by atoms with E-state index in [2.05, 4.69) is 130 Å². The second-order valence-electron chi connectivity index (χ2n) is 9.49. The summed E-state index contributed by atoms with van der Waals surface area (Å²) in [5.74, 6) is 0. The van der Waals surface area contributed by atoms with Crippen molar-refractivity contribution in [1.29, 1.82) is 0 Å². The Morgan fingerprint density at radius 1 is 0.848 bits per heavy atom. The van der Waals surface area contributed by atoms with Crippen LogP contribution >= 0.6 is 11.8 Å². The summed E-state index contributed by atoms with van der Waals surface area (Å²) in [7, 11) is 0. The van der Waals surface area contributed by atoms with E-state index in [0.29, 0.717) is 0 Å². The standard InChI is InChI=1S/C31H34NS/c1-6-32(7-2)27-18-14-23(15-19-27)13-16-25-21-30(24-11-9-8-10-12-24)33-29-20-17-26(22-28(25)29)31(3,4)5/h8-22H,6-7H2,1-5H3/q+1/b25-16-. The second kappa shape index (κ2) is 9.97. The minimum Gasteiger partial charge on any atom is -0.231 e. The van der Waals surface area contributed by atoms with Gasteiger partial charge in [-0.1, -0.05) is 81.1 Å². The maximum atomic E-state index is 2.38. The number of allylic oxidation sites excluding steroid dienone is 9. The molecule has 2 aromatic carbocycles. The van der Waals surface area contributed by atoms with Crippen LogP contribution in [-0.2, 0) is 5.41 Å². The molecular formula is C31H34NS+. The quantitative estimate of drug-likeness (QED) is 0.424. The average molecular weight is 453 g/mol. The van der Waals surface area contributed by atoms with Gasteiger partial charge in [0.2, 0.25) is 0 Å². The molecule has 168 valence electrons. The van der Waals surface area contributed by atoms with Gasteiger partial charge in [0.25, 0.3) is 0 Å². The summed E-state index contributed by atoms with van der Waals surface area (Å²) >= 11 is 1.87. The van der Waals surface area contributed by atoms with Gasteiger partial charge in [-0.05, 0) is 77.5 Å². The Balaban J connectivity index is 1.75. The molecule has 0 spiro atoms. The van der Waals surface area contributed by atoms with Gasteiger partial charge in [0.1, 0.15) is 13.1 Å². The maximum absolute atomic E-state index is 2.38. The molecule has 0 fully saturated rings. The molecule has 0 radical (unpaired) electrons. The molecule has 0 N–H and O–H groups in total. The minimum atomic E-state index is 0.123. The van der Waals surface area contributed by atoms with Gasteiger partial charge in [0, 0.05) is 22.0 Å². The van der Waals surface area contributed by atoms with Crippen molar-refractivity contribution in [1.82, 2.24) is 0 Å². The van der Waals surface area contributed by atoms with Gasteiger partial charge in [0.05, 0.1) is 0 Å². The van der Waals surface area contributed by atoms with E-state index in [9.17, 15) is 0 Å². The highest BCUT2D eigenvalue weighted by atomic mass is 32.2. The number of nitrogens with zero attached hydrogens (tertiary/aromatic N) is 1. The van der Waals surface area contributed by atoms with Crippen LogP contribution in [0.2, 0.25) is 0 Å². The van der Waals surface area contributed by atoms with E-state index in [0.717, 1.165) is 13.1 Å². The Bertz CT molecular complexity index is 1190. The summed E-state index contributed by atoms with van der Waals surface area (Å²) in [5, 5.41) is 0. The fourth-order valence-electron chi connectivity index (χ4n) is 4.13. The molecular weight excluding hydrogens is 418 g/mol. The molecule has 0 amide bonds. The Kier molecular flexibility index (Phi) is 7.05. The maximum Gasteiger partial charge on any atom is 0.199 e. The topological polar surface area (TPSA) is 3.01 Å².